The summed E-state index contributed by atoms with van der Waals surface area (Å²) in [5.74, 6) is 0.997. The zero-order valence-corrected chi connectivity index (χ0v) is 19.8. The first-order chi connectivity index (χ1) is 15.0. The van der Waals surface area contributed by atoms with E-state index in [-0.39, 0.29) is 18.0 Å². The summed E-state index contributed by atoms with van der Waals surface area (Å²) >= 11 is 9.02. The molecule has 1 unspecified atom stereocenters. The molecule has 2 amide bonds. The summed E-state index contributed by atoms with van der Waals surface area (Å²) in [6.45, 7) is 4.54. The van der Waals surface area contributed by atoms with Gasteiger partial charge in [0, 0.05) is 36.5 Å². The average molecular weight is 477 g/mol. The highest BCUT2D eigenvalue weighted by Crippen LogP contribution is 2.31. The van der Waals surface area contributed by atoms with Crippen molar-refractivity contribution in [3.05, 3.63) is 62.9 Å². The van der Waals surface area contributed by atoms with Crippen LogP contribution < -0.4 is 15.4 Å². The van der Waals surface area contributed by atoms with Crippen LogP contribution in [0.1, 0.15) is 28.5 Å². The van der Waals surface area contributed by atoms with Gasteiger partial charge in [0.25, 0.3) is 0 Å². The first-order valence-electron chi connectivity index (χ1n) is 10.1. The number of aryl methyl sites for hydroxylation is 1. The SMILES string of the molecule is COc1ccc([C@@H]2CN(Cc3ccc(Cl)s3)CCC2NC(=O)Nc2cc(C)ns2)cc1. The van der Waals surface area contributed by atoms with E-state index in [1.807, 2.05) is 31.2 Å². The van der Waals surface area contributed by atoms with E-state index in [0.717, 1.165) is 46.8 Å². The predicted octanol–water partition coefficient (Wildman–Crippen LogP) is 5.35. The molecule has 3 aromatic rings. The quantitative estimate of drug-likeness (QED) is 0.503. The Morgan fingerprint density at radius 2 is 2.10 bits per heavy atom. The highest BCUT2D eigenvalue weighted by Gasteiger charge is 2.32. The van der Waals surface area contributed by atoms with Crippen LogP contribution in [0.15, 0.2) is 42.5 Å². The number of urea groups is 1. The number of rotatable bonds is 6. The minimum Gasteiger partial charge on any atom is -0.497 e. The molecule has 1 aliphatic heterocycles. The molecule has 4 rings (SSSR count). The number of anilines is 1. The lowest BCUT2D eigenvalue weighted by Gasteiger charge is -2.39. The predicted molar refractivity (Wildman–Crippen MR) is 128 cm³/mol. The number of hydrogen-bond donors (Lipinski definition) is 2. The van der Waals surface area contributed by atoms with Crippen molar-refractivity contribution < 1.29 is 9.53 Å². The lowest BCUT2D eigenvalue weighted by Crippen LogP contribution is -2.50. The van der Waals surface area contributed by atoms with Crippen molar-refractivity contribution in [3.8, 4) is 5.75 Å². The molecule has 1 aliphatic rings. The maximum atomic E-state index is 12.7. The van der Waals surface area contributed by atoms with Crippen molar-refractivity contribution in [3.63, 3.8) is 0 Å². The third-order valence-corrected chi connectivity index (χ3v) is 7.44. The third-order valence-electron chi connectivity index (χ3n) is 5.43. The minimum atomic E-state index is -0.189. The van der Waals surface area contributed by atoms with E-state index in [9.17, 15) is 4.79 Å². The second-order valence-electron chi connectivity index (χ2n) is 7.65. The van der Waals surface area contributed by atoms with Gasteiger partial charge in [-0.3, -0.25) is 10.2 Å². The van der Waals surface area contributed by atoms with Crippen LogP contribution in [0.4, 0.5) is 9.80 Å². The Morgan fingerprint density at radius 1 is 1.29 bits per heavy atom. The van der Waals surface area contributed by atoms with Crippen LogP contribution >= 0.6 is 34.5 Å². The van der Waals surface area contributed by atoms with Gasteiger partial charge in [-0.05, 0) is 60.8 Å². The number of nitrogens with zero attached hydrogens (tertiary/aromatic N) is 2. The van der Waals surface area contributed by atoms with Gasteiger partial charge in [0.15, 0.2) is 0 Å². The standard InChI is InChI=1S/C22H25ClN4O2S2/c1-14-11-21(31-26-14)25-22(28)24-19-9-10-27(12-17-7-8-20(23)30-17)13-18(19)15-3-5-16(29-2)6-4-15/h3-8,11,18-19H,9-10,12-13H2,1-2H3,(H2,24,25,28)/t18-,19?/m0/s1. The van der Waals surface area contributed by atoms with E-state index in [4.69, 9.17) is 16.3 Å². The molecular formula is C22H25ClN4O2S2. The molecule has 0 aliphatic carbocycles. The van der Waals surface area contributed by atoms with Crippen molar-refractivity contribution in [2.45, 2.75) is 31.8 Å². The summed E-state index contributed by atoms with van der Waals surface area (Å²) < 4.78 is 10.3. The Morgan fingerprint density at radius 3 is 2.74 bits per heavy atom. The summed E-state index contributed by atoms with van der Waals surface area (Å²) in [4.78, 5) is 16.3. The molecule has 0 spiro atoms. The highest BCUT2D eigenvalue weighted by molar-refractivity contribution is 7.16. The Kier molecular flexibility index (Phi) is 7.12. The number of amides is 2. The van der Waals surface area contributed by atoms with Crippen LogP contribution in [0.2, 0.25) is 4.34 Å². The van der Waals surface area contributed by atoms with E-state index in [1.54, 1.807) is 18.4 Å². The van der Waals surface area contributed by atoms with E-state index in [0.29, 0.717) is 0 Å². The van der Waals surface area contributed by atoms with Crippen molar-refractivity contribution in [1.82, 2.24) is 14.6 Å². The molecule has 9 heteroatoms. The summed E-state index contributed by atoms with van der Waals surface area (Å²) in [6.07, 6.45) is 0.866. The van der Waals surface area contributed by atoms with Crippen molar-refractivity contribution in [2.24, 2.45) is 0 Å². The molecule has 0 radical (unpaired) electrons. The Balaban J connectivity index is 1.47. The fourth-order valence-electron chi connectivity index (χ4n) is 3.92. The molecule has 0 bridgehead atoms. The summed E-state index contributed by atoms with van der Waals surface area (Å²) in [5, 5.41) is 6.86. The first kappa shape index (κ1) is 22.1. The number of nitrogens with one attached hydrogen (secondary N) is 2. The first-order valence-corrected chi connectivity index (χ1v) is 12.1. The molecule has 1 saturated heterocycles. The normalized spacial score (nSPS) is 19.2. The fraction of sp³-hybridized carbons (Fsp3) is 0.364. The smallest absolute Gasteiger partial charge is 0.320 e. The van der Waals surface area contributed by atoms with Gasteiger partial charge in [-0.2, -0.15) is 4.37 Å². The molecule has 3 heterocycles. The summed E-state index contributed by atoms with van der Waals surface area (Å²) in [7, 11) is 1.67. The average Bonchev–Trinajstić information content (AvgIpc) is 3.36. The lowest BCUT2D eigenvalue weighted by molar-refractivity contribution is 0.170. The van der Waals surface area contributed by atoms with Gasteiger partial charge in [-0.25, -0.2) is 4.79 Å². The topological polar surface area (TPSA) is 66.5 Å². The largest absolute Gasteiger partial charge is 0.497 e. The van der Waals surface area contributed by atoms with Gasteiger partial charge in [0.1, 0.15) is 10.8 Å². The monoisotopic (exact) mass is 476 g/mol. The molecule has 1 fully saturated rings. The molecule has 6 nitrogen and oxygen atoms in total. The number of aromatic nitrogens is 1. The number of likely N-dealkylation sites (tertiary alicyclic amines) is 1. The Hall–Kier alpha value is -2.13. The Labute approximate surface area is 195 Å². The van der Waals surface area contributed by atoms with Crippen molar-refractivity contribution >= 4 is 45.5 Å². The number of thiophene rings is 1. The molecule has 164 valence electrons. The molecular weight excluding hydrogens is 452 g/mol. The number of benzene rings is 1. The van der Waals surface area contributed by atoms with E-state index >= 15 is 0 Å². The van der Waals surface area contributed by atoms with Crippen LogP contribution in [-0.2, 0) is 6.54 Å². The number of carbonyl (C=O) groups is 1. The molecule has 1 aromatic carbocycles. The number of piperidine rings is 1. The number of methoxy groups -OCH3 is 1. The summed E-state index contributed by atoms with van der Waals surface area (Å²) in [5.41, 5.74) is 2.09. The van der Waals surface area contributed by atoms with Crippen LogP contribution in [0.3, 0.4) is 0 Å². The summed E-state index contributed by atoms with van der Waals surface area (Å²) in [6, 6.07) is 13.9. The number of hydrogen-bond acceptors (Lipinski definition) is 6. The van der Waals surface area contributed by atoms with Gasteiger partial charge in [0.2, 0.25) is 0 Å². The highest BCUT2D eigenvalue weighted by atomic mass is 35.5. The number of halogens is 1. The van der Waals surface area contributed by atoms with Gasteiger partial charge in [-0.15, -0.1) is 11.3 Å². The van der Waals surface area contributed by atoms with Crippen molar-refractivity contribution in [1.29, 1.82) is 0 Å². The van der Waals surface area contributed by atoms with Crippen LogP contribution in [0, 0.1) is 6.92 Å². The second kappa shape index (κ2) is 9.99. The third kappa shape index (κ3) is 5.77. The number of carbonyl (C=O) groups excluding carboxylic acids is 1. The zero-order valence-electron chi connectivity index (χ0n) is 17.4. The van der Waals surface area contributed by atoms with E-state index in [2.05, 4.69) is 38.1 Å². The lowest BCUT2D eigenvalue weighted by atomic mass is 9.86. The Bertz CT molecular complexity index is 1020. The van der Waals surface area contributed by atoms with Gasteiger partial charge >= 0.3 is 6.03 Å². The van der Waals surface area contributed by atoms with Crippen LogP contribution in [-0.4, -0.2) is 41.5 Å². The van der Waals surface area contributed by atoms with Gasteiger partial charge < -0.3 is 10.1 Å². The van der Waals surface area contributed by atoms with Crippen LogP contribution in [0.25, 0.3) is 0 Å². The minimum absolute atomic E-state index is 0.0330. The fourth-order valence-corrected chi connectivity index (χ4v) is 5.71. The molecule has 2 aromatic heterocycles. The van der Waals surface area contributed by atoms with Crippen molar-refractivity contribution in [2.75, 3.05) is 25.5 Å². The maximum absolute atomic E-state index is 12.7. The van der Waals surface area contributed by atoms with E-state index in [1.165, 1.54) is 22.0 Å². The number of ether oxygens (including phenoxy) is 1. The molecule has 31 heavy (non-hydrogen) atoms. The molecule has 2 atom stereocenters. The van der Waals surface area contributed by atoms with Crippen LogP contribution in [0.5, 0.6) is 5.75 Å². The maximum Gasteiger partial charge on any atom is 0.320 e. The zero-order chi connectivity index (χ0) is 21.8. The second-order valence-corrected chi connectivity index (χ2v) is 10.3. The van der Waals surface area contributed by atoms with E-state index < -0.39 is 0 Å². The molecule has 2 N–H and O–H groups in total. The van der Waals surface area contributed by atoms with Gasteiger partial charge in [0.05, 0.1) is 17.1 Å². The molecule has 0 saturated carbocycles. The van der Waals surface area contributed by atoms with Gasteiger partial charge in [-0.1, -0.05) is 23.7 Å².